The Kier molecular flexibility index (Phi) is 5.86. The second kappa shape index (κ2) is 7.65. The average Bonchev–Trinajstić information content (AvgIpc) is 2.49. The molecule has 22 heavy (non-hydrogen) atoms. The molecule has 0 aliphatic heterocycles. The van der Waals surface area contributed by atoms with E-state index in [1.54, 1.807) is 18.2 Å². The Labute approximate surface area is 139 Å². The summed E-state index contributed by atoms with van der Waals surface area (Å²) < 4.78 is 0. The molecule has 1 aliphatic rings. The van der Waals surface area contributed by atoms with Gasteiger partial charge in [0.25, 0.3) is 0 Å². The van der Waals surface area contributed by atoms with E-state index < -0.39 is 17.8 Å². The third-order valence-electron chi connectivity index (χ3n) is 3.78. The lowest BCUT2D eigenvalue weighted by Crippen LogP contribution is -2.44. The smallest absolute Gasteiger partial charge is 0.224 e. The standard InChI is InChI=1S/C16H17Cl2NO3/c17-11-6-5-10(14(18)9-11)7-8-19-15(20)12-3-1-2-4-13(12)16(21)22/h1-2,5-6,9,12-13H,3-4,7-8H2,(H,19,20)(H,21,22)/p-1/t12-,13+/m1/s1. The van der Waals surface area contributed by atoms with E-state index in [2.05, 4.69) is 5.32 Å². The Morgan fingerprint density at radius 1 is 1.18 bits per heavy atom. The number of halogens is 2. The van der Waals surface area contributed by atoms with Crippen molar-refractivity contribution in [2.45, 2.75) is 19.3 Å². The van der Waals surface area contributed by atoms with E-state index >= 15 is 0 Å². The zero-order valence-corrected chi connectivity index (χ0v) is 13.4. The Hall–Kier alpha value is -1.52. The number of carbonyl (C=O) groups excluding carboxylic acids is 2. The van der Waals surface area contributed by atoms with E-state index in [1.165, 1.54) is 0 Å². The first-order valence-corrected chi connectivity index (χ1v) is 7.82. The molecule has 1 aliphatic carbocycles. The number of nitrogens with one attached hydrogen (secondary N) is 1. The maximum Gasteiger partial charge on any atom is 0.224 e. The highest BCUT2D eigenvalue weighted by Crippen LogP contribution is 2.25. The summed E-state index contributed by atoms with van der Waals surface area (Å²) in [6.45, 7) is 0.389. The SMILES string of the molecule is O=C([O-])[C@H]1CC=CC[C@H]1C(=O)NCCc1ccc(Cl)cc1Cl. The second-order valence-electron chi connectivity index (χ2n) is 5.25. The maximum absolute atomic E-state index is 12.2. The minimum absolute atomic E-state index is 0.261. The lowest BCUT2D eigenvalue weighted by Gasteiger charge is -2.28. The van der Waals surface area contributed by atoms with E-state index in [-0.39, 0.29) is 5.91 Å². The predicted octanol–water partition coefficient (Wildman–Crippen LogP) is 1.98. The summed E-state index contributed by atoms with van der Waals surface area (Å²) in [6.07, 6.45) is 4.92. The van der Waals surface area contributed by atoms with Crippen molar-refractivity contribution in [2.75, 3.05) is 6.54 Å². The molecule has 2 atom stereocenters. The van der Waals surface area contributed by atoms with Gasteiger partial charge < -0.3 is 15.2 Å². The second-order valence-corrected chi connectivity index (χ2v) is 6.10. The third-order valence-corrected chi connectivity index (χ3v) is 4.37. The van der Waals surface area contributed by atoms with Crippen LogP contribution in [0.5, 0.6) is 0 Å². The van der Waals surface area contributed by atoms with Crippen LogP contribution in [-0.2, 0) is 16.0 Å². The first kappa shape index (κ1) is 16.8. The quantitative estimate of drug-likeness (QED) is 0.833. The number of carboxylic acid groups (broad SMARTS) is 1. The molecule has 0 fully saturated rings. The Bertz CT molecular complexity index is 601. The number of rotatable bonds is 5. The van der Waals surface area contributed by atoms with Crippen LogP contribution in [0.15, 0.2) is 30.4 Å². The molecule has 0 saturated carbocycles. The summed E-state index contributed by atoms with van der Waals surface area (Å²) in [4.78, 5) is 23.2. The fourth-order valence-corrected chi connectivity index (χ4v) is 3.04. The number of aliphatic carboxylic acids is 1. The molecular weight excluding hydrogens is 325 g/mol. The molecule has 0 aromatic heterocycles. The molecule has 0 radical (unpaired) electrons. The molecule has 1 amide bonds. The van der Waals surface area contributed by atoms with E-state index in [9.17, 15) is 14.7 Å². The first-order chi connectivity index (χ1) is 10.5. The number of allylic oxidation sites excluding steroid dienone is 2. The van der Waals surface area contributed by atoms with Crippen LogP contribution in [0.25, 0.3) is 0 Å². The van der Waals surface area contributed by atoms with Crippen LogP contribution in [0.4, 0.5) is 0 Å². The fourth-order valence-electron chi connectivity index (χ4n) is 2.54. The normalized spacial score (nSPS) is 20.6. The maximum atomic E-state index is 12.2. The zero-order chi connectivity index (χ0) is 16.1. The lowest BCUT2D eigenvalue weighted by atomic mass is 9.82. The van der Waals surface area contributed by atoms with Crippen molar-refractivity contribution in [1.29, 1.82) is 0 Å². The summed E-state index contributed by atoms with van der Waals surface area (Å²) in [6, 6.07) is 5.20. The minimum atomic E-state index is -1.18. The molecule has 0 saturated heterocycles. The number of benzene rings is 1. The Morgan fingerprint density at radius 3 is 2.50 bits per heavy atom. The van der Waals surface area contributed by atoms with Crippen LogP contribution >= 0.6 is 23.2 Å². The predicted molar refractivity (Wildman–Crippen MR) is 83.5 cm³/mol. The number of carbonyl (C=O) groups is 2. The van der Waals surface area contributed by atoms with Gasteiger partial charge in [-0.2, -0.15) is 0 Å². The highest BCUT2D eigenvalue weighted by atomic mass is 35.5. The van der Waals surface area contributed by atoms with Gasteiger partial charge in [-0.1, -0.05) is 41.4 Å². The van der Waals surface area contributed by atoms with Crippen LogP contribution in [0.3, 0.4) is 0 Å². The van der Waals surface area contributed by atoms with E-state index in [0.29, 0.717) is 35.9 Å². The largest absolute Gasteiger partial charge is 0.550 e. The van der Waals surface area contributed by atoms with Crippen LogP contribution < -0.4 is 10.4 Å². The van der Waals surface area contributed by atoms with Crippen LogP contribution in [0.1, 0.15) is 18.4 Å². The van der Waals surface area contributed by atoms with Gasteiger partial charge >= 0.3 is 0 Å². The molecule has 1 N–H and O–H groups in total. The minimum Gasteiger partial charge on any atom is -0.550 e. The molecule has 0 spiro atoms. The van der Waals surface area contributed by atoms with Gasteiger partial charge in [-0.3, -0.25) is 4.79 Å². The van der Waals surface area contributed by atoms with Crippen LogP contribution in [0.2, 0.25) is 10.0 Å². The molecule has 118 valence electrons. The van der Waals surface area contributed by atoms with Crippen LogP contribution in [0, 0.1) is 11.8 Å². The molecule has 4 nitrogen and oxygen atoms in total. The van der Waals surface area contributed by atoms with E-state index in [1.807, 2.05) is 12.1 Å². The number of amides is 1. The van der Waals surface area contributed by atoms with E-state index in [0.717, 1.165) is 5.56 Å². The van der Waals surface area contributed by atoms with Gasteiger partial charge in [0.1, 0.15) is 0 Å². The fraction of sp³-hybridized carbons (Fsp3) is 0.375. The van der Waals surface area contributed by atoms with Crippen molar-refractivity contribution in [3.05, 3.63) is 46.0 Å². The third kappa shape index (κ3) is 4.24. The molecule has 0 bridgehead atoms. The topological polar surface area (TPSA) is 69.2 Å². The number of hydrogen-bond donors (Lipinski definition) is 1. The molecule has 6 heteroatoms. The van der Waals surface area contributed by atoms with Crippen LogP contribution in [-0.4, -0.2) is 18.4 Å². The first-order valence-electron chi connectivity index (χ1n) is 7.06. The van der Waals surface area contributed by atoms with Crippen molar-refractivity contribution in [3.8, 4) is 0 Å². The van der Waals surface area contributed by atoms with Gasteiger partial charge in [0.05, 0.1) is 0 Å². The van der Waals surface area contributed by atoms with Gasteiger partial charge in [-0.15, -0.1) is 0 Å². The summed E-state index contributed by atoms with van der Waals surface area (Å²) in [5.41, 5.74) is 0.881. The van der Waals surface area contributed by atoms with Gasteiger partial charge in [0.15, 0.2) is 0 Å². The van der Waals surface area contributed by atoms with Gasteiger partial charge in [-0.05, 0) is 37.0 Å². The van der Waals surface area contributed by atoms with Gasteiger partial charge in [-0.25, -0.2) is 0 Å². The summed E-state index contributed by atoms with van der Waals surface area (Å²) >= 11 is 11.9. The van der Waals surface area contributed by atoms with Crippen molar-refractivity contribution in [1.82, 2.24) is 5.32 Å². The molecule has 0 unspecified atom stereocenters. The monoisotopic (exact) mass is 340 g/mol. The molecular formula is C16H16Cl2NO3-. The average molecular weight is 341 g/mol. The molecule has 1 aromatic rings. The highest BCUT2D eigenvalue weighted by Gasteiger charge is 2.29. The molecule has 0 heterocycles. The number of carboxylic acids is 1. The van der Waals surface area contributed by atoms with Gasteiger partial charge in [0, 0.05) is 34.4 Å². The summed E-state index contributed by atoms with van der Waals surface area (Å²) in [5.74, 6) is -2.77. The molecule has 2 rings (SSSR count). The molecule has 1 aromatic carbocycles. The van der Waals surface area contributed by atoms with Crippen molar-refractivity contribution >= 4 is 35.1 Å². The number of hydrogen-bond acceptors (Lipinski definition) is 3. The van der Waals surface area contributed by atoms with Crippen molar-refractivity contribution in [3.63, 3.8) is 0 Å². The Morgan fingerprint density at radius 2 is 1.86 bits per heavy atom. The van der Waals surface area contributed by atoms with Crippen molar-refractivity contribution in [2.24, 2.45) is 11.8 Å². The van der Waals surface area contributed by atoms with Gasteiger partial charge in [0.2, 0.25) is 5.91 Å². The highest BCUT2D eigenvalue weighted by molar-refractivity contribution is 6.35. The zero-order valence-electron chi connectivity index (χ0n) is 11.9. The Balaban J connectivity index is 1.89. The summed E-state index contributed by atoms with van der Waals surface area (Å²) in [5, 5.41) is 15.0. The van der Waals surface area contributed by atoms with E-state index in [4.69, 9.17) is 23.2 Å². The van der Waals surface area contributed by atoms with Crippen molar-refractivity contribution < 1.29 is 14.7 Å². The summed E-state index contributed by atoms with van der Waals surface area (Å²) in [7, 11) is 0. The lowest BCUT2D eigenvalue weighted by molar-refractivity contribution is -0.313.